The van der Waals surface area contributed by atoms with Gasteiger partial charge in [-0.15, -0.1) is 0 Å². The Morgan fingerprint density at radius 1 is 1.22 bits per heavy atom. The first-order chi connectivity index (χ1) is 8.65. The van der Waals surface area contributed by atoms with Crippen LogP contribution in [0.3, 0.4) is 0 Å². The lowest BCUT2D eigenvalue weighted by Crippen LogP contribution is -2.44. The van der Waals surface area contributed by atoms with Gasteiger partial charge in [-0.05, 0) is 17.7 Å². The summed E-state index contributed by atoms with van der Waals surface area (Å²) >= 11 is 3.35. The SMILES string of the molecule is O=C1NC2=C(C(=O)OC2)[C@@H](c2ccc(Br)cc2)N1. The van der Waals surface area contributed by atoms with Crippen molar-refractivity contribution < 1.29 is 14.3 Å². The maximum Gasteiger partial charge on any atom is 0.338 e. The van der Waals surface area contributed by atoms with E-state index in [0.29, 0.717) is 11.3 Å². The molecule has 2 heterocycles. The second-order valence-electron chi connectivity index (χ2n) is 4.05. The Morgan fingerprint density at radius 2 is 1.94 bits per heavy atom. The average Bonchev–Trinajstić information content (AvgIpc) is 2.71. The predicted molar refractivity (Wildman–Crippen MR) is 66.5 cm³/mol. The maximum absolute atomic E-state index is 11.7. The van der Waals surface area contributed by atoms with Crippen molar-refractivity contribution in [2.75, 3.05) is 6.61 Å². The monoisotopic (exact) mass is 308 g/mol. The van der Waals surface area contributed by atoms with Crippen molar-refractivity contribution in [1.82, 2.24) is 10.6 Å². The minimum Gasteiger partial charge on any atom is -0.456 e. The third-order valence-electron chi connectivity index (χ3n) is 2.92. The van der Waals surface area contributed by atoms with Crippen molar-refractivity contribution in [3.05, 3.63) is 45.6 Å². The van der Waals surface area contributed by atoms with Crippen LogP contribution >= 0.6 is 15.9 Å². The third kappa shape index (κ3) is 1.78. The van der Waals surface area contributed by atoms with E-state index in [-0.39, 0.29) is 18.6 Å². The van der Waals surface area contributed by atoms with E-state index < -0.39 is 6.04 Å². The maximum atomic E-state index is 11.7. The number of carbonyl (C=O) groups excluding carboxylic acids is 2. The molecule has 6 heteroatoms. The van der Waals surface area contributed by atoms with Gasteiger partial charge in [-0.25, -0.2) is 9.59 Å². The fourth-order valence-corrected chi connectivity index (χ4v) is 2.36. The predicted octanol–water partition coefficient (Wildman–Crippen LogP) is 1.61. The number of cyclic esters (lactones) is 1. The Bertz CT molecular complexity index is 565. The van der Waals surface area contributed by atoms with E-state index >= 15 is 0 Å². The molecule has 0 unspecified atom stereocenters. The second-order valence-corrected chi connectivity index (χ2v) is 4.97. The molecule has 5 nitrogen and oxygen atoms in total. The molecule has 2 N–H and O–H groups in total. The number of ether oxygens (including phenoxy) is 1. The smallest absolute Gasteiger partial charge is 0.338 e. The van der Waals surface area contributed by atoms with Gasteiger partial charge in [0.15, 0.2) is 0 Å². The van der Waals surface area contributed by atoms with E-state index in [9.17, 15) is 9.59 Å². The normalized spacial score (nSPS) is 22.2. The molecule has 1 atom stereocenters. The van der Waals surface area contributed by atoms with E-state index in [0.717, 1.165) is 10.0 Å². The van der Waals surface area contributed by atoms with E-state index in [1.54, 1.807) is 0 Å². The second kappa shape index (κ2) is 4.13. The number of hydrogen-bond acceptors (Lipinski definition) is 3. The minimum atomic E-state index is -0.447. The van der Waals surface area contributed by atoms with E-state index in [1.165, 1.54) is 0 Å². The van der Waals surface area contributed by atoms with Gasteiger partial charge in [-0.3, -0.25) is 0 Å². The van der Waals surface area contributed by atoms with Crippen LogP contribution in [-0.2, 0) is 9.53 Å². The van der Waals surface area contributed by atoms with Crippen molar-refractivity contribution in [3.8, 4) is 0 Å². The first-order valence-corrected chi connectivity index (χ1v) is 6.17. The minimum absolute atomic E-state index is 0.134. The highest BCUT2D eigenvalue weighted by molar-refractivity contribution is 9.10. The first kappa shape index (κ1) is 11.3. The van der Waals surface area contributed by atoms with Gasteiger partial charge in [0.2, 0.25) is 0 Å². The van der Waals surface area contributed by atoms with Crippen molar-refractivity contribution in [2.45, 2.75) is 6.04 Å². The van der Waals surface area contributed by atoms with Crippen LogP contribution in [-0.4, -0.2) is 18.6 Å². The topological polar surface area (TPSA) is 67.4 Å². The van der Waals surface area contributed by atoms with E-state index in [4.69, 9.17) is 4.74 Å². The number of hydrogen-bond donors (Lipinski definition) is 2. The molecule has 0 fully saturated rings. The number of nitrogens with one attached hydrogen (secondary N) is 2. The molecule has 1 aromatic carbocycles. The highest BCUT2D eigenvalue weighted by atomic mass is 79.9. The Balaban J connectivity index is 2.04. The molecule has 0 aromatic heterocycles. The standard InChI is InChI=1S/C12H9BrN2O3/c13-7-3-1-6(2-4-7)10-9-8(5-18-11(9)16)14-12(17)15-10/h1-4,10H,5H2,(H2,14,15,17)/t10-/m1/s1. The number of urea groups is 1. The van der Waals surface area contributed by atoms with Gasteiger partial charge in [0, 0.05) is 4.47 Å². The van der Waals surface area contributed by atoms with Crippen LogP contribution in [0.1, 0.15) is 11.6 Å². The average molecular weight is 309 g/mol. The third-order valence-corrected chi connectivity index (χ3v) is 3.45. The summed E-state index contributed by atoms with van der Waals surface area (Å²) in [6, 6.07) is 6.68. The Hall–Kier alpha value is -1.82. The van der Waals surface area contributed by atoms with Crippen molar-refractivity contribution >= 4 is 27.9 Å². The van der Waals surface area contributed by atoms with Gasteiger partial charge in [0.25, 0.3) is 0 Å². The Morgan fingerprint density at radius 3 is 2.67 bits per heavy atom. The molecular formula is C12H9BrN2O3. The summed E-state index contributed by atoms with van der Waals surface area (Å²) in [6.07, 6.45) is 0. The molecule has 18 heavy (non-hydrogen) atoms. The van der Waals surface area contributed by atoms with Crippen LogP contribution in [0.15, 0.2) is 40.0 Å². The highest BCUT2D eigenvalue weighted by Crippen LogP contribution is 2.31. The molecule has 1 aromatic rings. The van der Waals surface area contributed by atoms with Crippen molar-refractivity contribution in [3.63, 3.8) is 0 Å². The lowest BCUT2D eigenvalue weighted by Gasteiger charge is -2.24. The van der Waals surface area contributed by atoms with Gasteiger partial charge in [-0.1, -0.05) is 28.1 Å². The van der Waals surface area contributed by atoms with Crippen molar-refractivity contribution in [2.24, 2.45) is 0 Å². The lowest BCUT2D eigenvalue weighted by atomic mass is 9.96. The summed E-state index contributed by atoms with van der Waals surface area (Å²) in [5.74, 6) is -0.384. The van der Waals surface area contributed by atoms with Crippen LogP contribution in [0.5, 0.6) is 0 Å². The van der Waals surface area contributed by atoms with Gasteiger partial charge in [0.05, 0.1) is 17.3 Å². The number of halogens is 1. The van der Waals surface area contributed by atoms with Crippen molar-refractivity contribution in [1.29, 1.82) is 0 Å². The summed E-state index contributed by atoms with van der Waals surface area (Å²) in [5.41, 5.74) is 1.88. The molecule has 92 valence electrons. The molecule has 0 radical (unpaired) electrons. The number of amides is 2. The zero-order valence-electron chi connectivity index (χ0n) is 9.20. The molecule has 2 aliphatic rings. The largest absolute Gasteiger partial charge is 0.456 e. The van der Waals surface area contributed by atoms with Crippen LogP contribution in [0.2, 0.25) is 0 Å². The zero-order chi connectivity index (χ0) is 12.7. The molecule has 0 spiro atoms. The first-order valence-electron chi connectivity index (χ1n) is 5.38. The van der Waals surface area contributed by atoms with Crippen LogP contribution in [0.4, 0.5) is 4.79 Å². The molecule has 0 saturated heterocycles. The Kier molecular flexibility index (Phi) is 2.59. The molecule has 0 aliphatic carbocycles. The Labute approximate surface area is 111 Å². The molecule has 0 bridgehead atoms. The fourth-order valence-electron chi connectivity index (χ4n) is 2.09. The number of benzene rings is 1. The number of carbonyl (C=O) groups is 2. The van der Waals surface area contributed by atoms with E-state index in [2.05, 4.69) is 26.6 Å². The molecule has 2 amide bonds. The highest BCUT2D eigenvalue weighted by Gasteiger charge is 2.37. The van der Waals surface area contributed by atoms with Gasteiger partial charge >= 0.3 is 12.0 Å². The molecular weight excluding hydrogens is 300 g/mol. The molecule has 3 rings (SSSR count). The van der Waals surface area contributed by atoms with Gasteiger partial charge < -0.3 is 15.4 Å². The quantitative estimate of drug-likeness (QED) is 0.775. The van der Waals surface area contributed by atoms with Crippen LogP contribution < -0.4 is 10.6 Å². The zero-order valence-corrected chi connectivity index (χ0v) is 10.8. The summed E-state index contributed by atoms with van der Waals surface area (Å²) in [6.45, 7) is 0.134. The van der Waals surface area contributed by atoms with Gasteiger partial charge in [0.1, 0.15) is 6.61 Å². The number of esters is 1. The number of rotatable bonds is 1. The van der Waals surface area contributed by atoms with E-state index in [1.807, 2.05) is 24.3 Å². The fraction of sp³-hybridized carbons (Fsp3) is 0.167. The lowest BCUT2D eigenvalue weighted by molar-refractivity contribution is -0.136. The van der Waals surface area contributed by atoms with Crippen LogP contribution in [0, 0.1) is 0 Å². The summed E-state index contributed by atoms with van der Waals surface area (Å²) < 4.78 is 5.89. The molecule has 2 aliphatic heterocycles. The summed E-state index contributed by atoms with van der Waals surface area (Å²) in [4.78, 5) is 23.2. The summed E-state index contributed by atoms with van der Waals surface area (Å²) in [5, 5.41) is 5.32. The molecule has 0 saturated carbocycles. The summed E-state index contributed by atoms with van der Waals surface area (Å²) in [7, 11) is 0. The van der Waals surface area contributed by atoms with Gasteiger partial charge in [-0.2, -0.15) is 0 Å². The van der Waals surface area contributed by atoms with Crippen LogP contribution in [0.25, 0.3) is 0 Å².